The van der Waals surface area contributed by atoms with Gasteiger partial charge in [0.1, 0.15) is 0 Å². The summed E-state index contributed by atoms with van der Waals surface area (Å²) in [5.74, 6) is -0.515. The van der Waals surface area contributed by atoms with Crippen molar-refractivity contribution < 1.29 is 19.4 Å². The number of ether oxygens (including phenoxy) is 1. The summed E-state index contributed by atoms with van der Waals surface area (Å²) in [6.45, 7) is 2.18. The number of carbonyl (C=O) groups excluding carboxylic acids is 1. The second-order valence-electron chi connectivity index (χ2n) is 5.49. The van der Waals surface area contributed by atoms with Crippen LogP contribution in [0, 0.1) is 5.92 Å². The Hall–Kier alpha value is -1.88. The van der Waals surface area contributed by atoms with Gasteiger partial charge in [0, 0.05) is 20.2 Å². The second kappa shape index (κ2) is 7.22. The van der Waals surface area contributed by atoms with Crippen LogP contribution in [0.1, 0.15) is 28.8 Å². The molecule has 1 atom stereocenters. The van der Waals surface area contributed by atoms with Crippen molar-refractivity contribution in [3.63, 3.8) is 0 Å². The van der Waals surface area contributed by atoms with Gasteiger partial charge in [-0.05, 0) is 36.5 Å². The number of carboxylic acids is 1. The van der Waals surface area contributed by atoms with Gasteiger partial charge in [-0.3, -0.25) is 4.79 Å². The maximum Gasteiger partial charge on any atom is 0.335 e. The van der Waals surface area contributed by atoms with Gasteiger partial charge in [-0.1, -0.05) is 12.1 Å². The van der Waals surface area contributed by atoms with Crippen molar-refractivity contribution in [2.45, 2.75) is 19.3 Å². The minimum Gasteiger partial charge on any atom is -0.478 e. The zero-order valence-electron chi connectivity index (χ0n) is 12.2. The molecule has 1 saturated heterocycles. The molecule has 1 aliphatic heterocycles. The SMILES string of the molecule is COCC1CCCN(C(=O)Cc2cccc(C(=O)O)c2)C1. The molecule has 0 aromatic heterocycles. The summed E-state index contributed by atoms with van der Waals surface area (Å²) in [7, 11) is 1.68. The highest BCUT2D eigenvalue weighted by Gasteiger charge is 2.23. The van der Waals surface area contributed by atoms with Crippen LogP contribution in [-0.2, 0) is 16.0 Å². The molecule has 5 nitrogen and oxygen atoms in total. The molecule has 0 spiro atoms. The number of nitrogens with zero attached hydrogens (tertiary/aromatic N) is 1. The van der Waals surface area contributed by atoms with Gasteiger partial charge in [0.15, 0.2) is 0 Å². The first-order valence-corrected chi connectivity index (χ1v) is 7.19. The normalized spacial score (nSPS) is 18.5. The molecule has 1 aromatic rings. The number of likely N-dealkylation sites (tertiary alicyclic amines) is 1. The van der Waals surface area contributed by atoms with E-state index in [4.69, 9.17) is 9.84 Å². The Bertz CT molecular complexity index is 513. The molecule has 0 saturated carbocycles. The van der Waals surface area contributed by atoms with Gasteiger partial charge in [-0.15, -0.1) is 0 Å². The zero-order valence-corrected chi connectivity index (χ0v) is 12.2. The van der Waals surface area contributed by atoms with Crippen LogP contribution < -0.4 is 0 Å². The van der Waals surface area contributed by atoms with Crippen LogP contribution in [0.25, 0.3) is 0 Å². The van der Waals surface area contributed by atoms with Gasteiger partial charge >= 0.3 is 5.97 Å². The van der Waals surface area contributed by atoms with Crippen LogP contribution in [-0.4, -0.2) is 48.7 Å². The minimum absolute atomic E-state index is 0.0540. The maximum absolute atomic E-state index is 12.3. The minimum atomic E-state index is -0.970. The molecule has 21 heavy (non-hydrogen) atoms. The lowest BCUT2D eigenvalue weighted by Gasteiger charge is -2.32. The molecular weight excluding hydrogens is 270 g/mol. The molecule has 1 heterocycles. The van der Waals surface area contributed by atoms with Gasteiger partial charge in [-0.25, -0.2) is 4.79 Å². The number of hydrogen-bond donors (Lipinski definition) is 1. The van der Waals surface area contributed by atoms with E-state index in [9.17, 15) is 9.59 Å². The average molecular weight is 291 g/mol. The van der Waals surface area contributed by atoms with Crippen LogP contribution in [0.3, 0.4) is 0 Å². The maximum atomic E-state index is 12.3. The number of amides is 1. The quantitative estimate of drug-likeness (QED) is 0.898. The molecule has 5 heteroatoms. The molecule has 1 unspecified atom stereocenters. The highest BCUT2D eigenvalue weighted by Crippen LogP contribution is 2.18. The van der Waals surface area contributed by atoms with Crippen molar-refractivity contribution in [3.05, 3.63) is 35.4 Å². The molecular formula is C16H21NO4. The average Bonchev–Trinajstić information content (AvgIpc) is 2.48. The van der Waals surface area contributed by atoms with E-state index in [2.05, 4.69) is 0 Å². The molecule has 0 bridgehead atoms. The summed E-state index contributed by atoms with van der Waals surface area (Å²) in [5.41, 5.74) is 0.963. The molecule has 1 N–H and O–H groups in total. The van der Waals surface area contributed by atoms with Crippen molar-refractivity contribution in [3.8, 4) is 0 Å². The predicted octanol–water partition coefficient (Wildman–Crippen LogP) is 1.81. The molecule has 1 aliphatic rings. The van der Waals surface area contributed by atoms with Crippen LogP contribution >= 0.6 is 0 Å². The van der Waals surface area contributed by atoms with E-state index in [0.717, 1.165) is 31.5 Å². The number of aromatic carboxylic acids is 1. The van der Waals surface area contributed by atoms with E-state index in [1.54, 1.807) is 25.3 Å². The van der Waals surface area contributed by atoms with Gasteiger partial charge in [-0.2, -0.15) is 0 Å². The van der Waals surface area contributed by atoms with E-state index < -0.39 is 5.97 Å². The zero-order chi connectivity index (χ0) is 15.2. The molecule has 1 amide bonds. The lowest BCUT2D eigenvalue weighted by molar-refractivity contribution is -0.132. The first-order valence-electron chi connectivity index (χ1n) is 7.19. The second-order valence-corrected chi connectivity index (χ2v) is 5.49. The molecule has 2 rings (SSSR count). The fraction of sp³-hybridized carbons (Fsp3) is 0.500. The highest BCUT2D eigenvalue weighted by molar-refractivity contribution is 5.88. The van der Waals surface area contributed by atoms with E-state index in [0.29, 0.717) is 12.5 Å². The van der Waals surface area contributed by atoms with Crippen molar-refractivity contribution in [1.29, 1.82) is 0 Å². The van der Waals surface area contributed by atoms with E-state index in [1.165, 1.54) is 6.07 Å². The number of carbonyl (C=O) groups is 2. The van der Waals surface area contributed by atoms with Gasteiger partial charge < -0.3 is 14.7 Å². The Labute approximate surface area is 124 Å². The Morgan fingerprint density at radius 3 is 2.95 bits per heavy atom. The van der Waals surface area contributed by atoms with E-state index >= 15 is 0 Å². The van der Waals surface area contributed by atoms with E-state index in [-0.39, 0.29) is 17.9 Å². The standard InChI is InChI=1S/C16H21NO4/c1-21-11-13-5-3-7-17(10-13)15(18)9-12-4-2-6-14(8-12)16(19)20/h2,4,6,8,13H,3,5,7,9-11H2,1H3,(H,19,20). The third kappa shape index (κ3) is 4.29. The Balaban J connectivity index is 1.97. The van der Waals surface area contributed by atoms with Crippen LogP contribution in [0.15, 0.2) is 24.3 Å². The summed E-state index contributed by atoms with van der Waals surface area (Å²) in [6.07, 6.45) is 2.34. The molecule has 114 valence electrons. The Kier molecular flexibility index (Phi) is 5.33. The van der Waals surface area contributed by atoms with E-state index in [1.807, 2.05) is 4.90 Å². The van der Waals surface area contributed by atoms with Crippen LogP contribution in [0.5, 0.6) is 0 Å². The third-order valence-electron chi connectivity index (χ3n) is 3.80. The fourth-order valence-corrected chi connectivity index (χ4v) is 2.76. The number of hydrogen-bond acceptors (Lipinski definition) is 3. The monoisotopic (exact) mass is 291 g/mol. The van der Waals surface area contributed by atoms with Crippen LogP contribution in [0.2, 0.25) is 0 Å². The summed E-state index contributed by atoms with van der Waals surface area (Å²) < 4.78 is 5.17. The van der Waals surface area contributed by atoms with Gasteiger partial charge in [0.2, 0.25) is 5.91 Å². The first-order chi connectivity index (χ1) is 10.1. The third-order valence-corrected chi connectivity index (χ3v) is 3.80. The highest BCUT2D eigenvalue weighted by atomic mass is 16.5. The van der Waals surface area contributed by atoms with Gasteiger partial charge in [0.25, 0.3) is 0 Å². The van der Waals surface area contributed by atoms with Crippen molar-refractivity contribution >= 4 is 11.9 Å². The first kappa shape index (κ1) is 15.5. The largest absolute Gasteiger partial charge is 0.478 e. The number of carboxylic acid groups (broad SMARTS) is 1. The summed E-state index contributed by atoms with van der Waals surface area (Å²) in [5, 5.41) is 8.98. The molecule has 1 fully saturated rings. The fourth-order valence-electron chi connectivity index (χ4n) is 2.76. The molecule has 1 aromatic carbocycles. The van der Waals surface area contributed by atoms with Crippen molar-refractivity contribution in [2.24, 2.45) is 5.92 Å². The predicted molar refractivity (Wildman–Crippen MR) is 78.3 cm³/mol. The van der Waals surface area contributed by atoms with Crippen LogP contribution in [0.4, 0.5) is 0 Å². The Morgan fingerprint density at radius 1 is 1.43 bits per heavy atom. The Morgan fingerprint density at radius 2 is 2.24 bits per heavy atom. The summed E-state index contributed by atoms with van der Waals surface area (Å²) in [4.78, 5) is 25.1. The number of methoxy groups -OCH3 is 1. The number of benzene rings is 1. The van der Waals surface area contributed by atoms with Crippen molar-refractivity contribution in [1.82, 2.24) is 4.90 Å². The number of piperidine rings is 1. The lowest BCUT2D eigenvalue weighted by Crippen LogP contribution is -2.41. The van der Waals surface area contributed by atoms with Gasteiger partial charge in [0.05, 0.1) is 18.6 Å². The summed E-state index contributed by atoms with van der Waals surface area (Å²) in [6, 6.07) is 6.57. The molecule has 0 radical (unpaired) electrons. The van der Waals surface area contributed by atoms with Crippen molar-refractivity contribution in [2.75, 3.05) is 26.8 Å². The lowest BCUT2D eigenvalue weighted by atomic mass is 9.98. The number of rotatable bonds is 5. The molecule has 0 aliphatic carbocycles. The smallest absolute Gasteiger partial charge is 0.335 e. The summed E-state index contributed by atoms with van der Waals surface area (Å²) >= 11 is 0. The topological polar surface area (TPSA) is 66.8 Å².